The zero-order valence-corrected chi connectivity index (χ0v) is 10.4. The minimum absolute atomic E-state index is 0.0372. The molecule has 0 spiro atoms. The Balaban J connectivity index is 3.03. The number of ketones is 1. The number of hydrogen-bond donors (Lipinski definition) is 2. The van der Waals surface area contributed by atoms with Crippen molar-refractivity contribution in [3.63, 3.8) is 0 Å². The van der Waals surface area contributed by atoms with Gasteiger partial charge in [-0.2, -0.15) is 0 Å². The number of rotatable bonds is 6. The van der Waals surface area contributed by atoms with Crippen molar-refractivity contribution in [2.75, 3.05) is 30.3 Å². The molecule has 0 fully saturated rings. The standard InChI is InChI=1S/C13H20N2O2/c1-3-6-15(7-8-16)11-4-5-13(14)12(9-11)10(2)17/h4-5,9,16H,3,6-8,14H2,1-2H3. The van der Waals surface area contributed by atoms with Gasteiger partial charge in [0.15, 0.2) is 5.78 Å². The van der Waals surface area contributed by atoms with Crippen LogP contribution >= 0.6 is 0 Å². The fourth-order valence-electron chi connectivity index (χ4n) is 1.81. The maximum Gasteiger partial charge on any atom is 0.161 e. The van der Waals surface area contributed by atoms with Crippen LogP contribution in [0.4, 0.5) is 11.4 Å². The van der Waals surface area contributed by atoms with Crippen LogP contribution in [-0.2, 0) is 0 Å². The van der Waals surface area contributed by atoms with Crippen LogP contribution in [-0.4, -0.2) is 30.6 Å². The van der Waals surface area contributed by atoms with Crippen molar-refractivity contribution in [2.45, 2.75) is 20.3 Å². The number of benzene rings is 1. The molecule has 1 rings (SSSR count). The summed E-state index contributed by atoms with van der Waals surface area (Å²) in [6, 6.07) is 5.42. The van der Waals surface area contributed by atoms with Gasteiger partial charge in [-0.25, -0.2) is 0 Å². The van der Waals surface area contributed by atoms with E-state index in [0.29, 0.717) is 17.8 Å². The molecule has 0 saturated heterocycles. The highest BCUT2D eigenvalue weighted by Crippen LogP contribution is 2.21. The lowest BCUT2D eigenvalue weighted by Crippen LogP contribution is -2.27. The molecule has 0 amide bonds. The number of anilines is 2. The Hall–Kier alpha value is -1.55. The van der Waals surface area contributed by atoms with Gasteiger partial charge in [0.1, 0.15) is 0 Å². The van der Waals surface area contributed by atoms with Gasteiger partial charge in [0, 0.05) is 30.0 Å². The molecule has 0 aliphatic carbocycles. The van der Waals surface area contributed by atoms with E-state index in [0.717, 1.165) is 18.7 Å². The van der Waals surface area contributed by atoms with E-state index in [1.807, 2.05) is 11.0 Å². The van der Waals surface area contributed by atoms with Gasteiger partial charge in [-0.05, 0) is 31.5 Å². The molecular formula is C13H20N2O2. The molecule has 94 valence electrons. The molecule has 0 unspecified atom stereocenters. The molecule has 0 aromatic heterocycles. The van der Waals surface area contributed by atoms with Crippen molar-refractivity contribution < 1.29 is 9.90 Å². The van der Waals surface area contributed by atoms with Gasteiger partial charge in [-0.1, -0.05) is 6.92 Å². The second kappa shape index (κ2) is 6.25. The highest BCUT2D eigenvalue weighted by atomic mass is 16.3. The number of aliphatic hydroxyl groups is 1. The minimum atomic E-state index is -0.0372. The van der Waals surface area contributed by atoms with Gasteiger partial charge in [0.05, 0.1) is 6.61 Å². The summed E-state index contributed by atoms with van der Waals surface area (Å²) in [5, 5.41) is 9.02. The monoisotopic (exact) mass is 236 g/mol. The van der Waals surface area contributed by atoms with Crippen molar-refractivity contribution in [3.05, 3.63) is 23.8 Å². The zero-order valence-electron chi connectivity index (χ0n) is 10.4. The molecule has 0 aliphatic heterocycles. The van der Waals surface area contributed by atoms with Gasteiger partial charge < -0.3 is 15.7 Å². The van der Waals surface area contributed by atoms with E-state index >= 15 is 0 Å². The van der Waals surface area contributed by atoms with Crippen LogP contribution < -0.4 is 10.6 Å². The van der Waals surface area contributed by atoms with Crippen molar-refractivity contribution in [1.29, 1.82) is 0 Å². The summed E-state index contributed by atoms with van der Waals surface area (Å²) in [4.78, 5) is 13.5. The highest BCUT2D eigenvalue weighted by molar-refractivity contribution is 6.00. The summed E-state index contributed by atoms with van der Waals surface area (Å²) < 4.78 is 0. The topological polar surface area (TPSA) is 66.6 Å². The Morgan fingerprint density at radius 3 is 2.65 bits per heavy atom. The van der Waals surface area contributed by atoms with Crippen LogP contribution in [0.25, 0.3) is 0 Å². The van der Waals surface area contributed by atoms with Crippen LogP contribution in [0.1, 0.15) is 30.6 Å². The van der Waals surface area contributed by atoms with Crippen molar-refractivity contribution in [2.24, 2.45) is 0 Å². The van der Waals surface area contributed by atoms with Gasteiger partial charge in [0.2, 0.25) is 0 Å². The Morgan fingerprint density at radius 2 is 2.12 bits per heavy atom. The van der Waals surface area contributed by atoms with Gasteiger partial charge in [-0.15, -0.1) is 0 Å². The largest absolute Gasteiger partial charge is 0.398 e. The minimum Gasteiger partial charge on any atom is -0.398 e. The second-order valence-corrected chi connectivity index (χ2v) is 4.04. The van der Waals surface area contributed by atoms with Crippen LogP contribution in [0.2, 0.25) is 0 Å². The van der Waals surface area contributed by atoms with E-state index in [9.17, 15) is 4.79 Å². The fourth-order valence-corrected chi connectivity index (χ4v) is 1.81. The van der Waals surface area contributed by atoms with E-state index in [4.69, 9.17) is 10.8 Å². The number of hydrogen-bond acceptors (Lipinski definition) is 4. The quantitative estimate of drug-likeness (QED) is 0.582. The summed E-state index contributed by atoms with van der Waals surface area (Å²) in [5.74, 6) is -0.0372. The molecule has 4 heteroatoms. The highest BCUT2D eigenvalue weighted by Gasteiger charge is 2.10. The smallest absolute Gasteiger partial charge is 0.161 e. The molecule has 17 heavy (non-hydrogen) atoms. The lowest BCUT2D eigenvalue weighted by atomic mass is 10.1. The fraction of sp³-hybridized carbons (Fsp3) is 0.462. The molecule has 0 bridgehead atoms. The predicted octanol–water partition coefficient (Wildman–Crippen LogP) is 1.68. The maximum atomic E-state index is 11.4. The first kappa shape index (κ1) is 13.5. The van der Waals surface area contributed by atoms with E-state index in [-0.39, 0.29) is 12.4 Å². The molecule has 0 heterocycles. The number of nitrogen functional groups attached to an aromatic ring is 1. The molecule has 3 N–H and O–H groups in total. The molecule has 0 atom stereocenters. The third-order valence-electron chi connectivity index (χ3n) is 2.64. The molecular weight excluding hydrogens is 216 g/mol. The van der Waals surface area contributed by atoms with Crippen LogP contribution in [0.3, 0.4) is 0 Å². The molecule has 0 radical (unpaired) electrons. The zero-order chi connectivity index (χ0) is 12.8. The van der Waals surface area contributed by atoms with E-state index in [2.05, 4.69) is 6.92 Å². The summed E-state index contributed by atoms with van der Waals surface area (Å²) >= 11 is 0. The summed E-state index contributed by atoms with van der Waals surface area (Å²) in [5.41, 5.74) is 7.73. The number of carbonyl (C=O) groups is 1. The normalized spacial score (nSPS) is 10.3. The van der Waals surface area contributed by atoms with E-state index in [1.165, 1.54) is 6.92 Å². The Morgan fingerprint density at radius 1 is 1.41 bits per heavy atom. The lowest BCUT2D eigenvalue weighted by molar-refractivity contribution is 0.101. The third kappa shape index (κ3) is 3.46. The van der Waals surface area contributed by atoms with Crippen molar-refractivity contribution >= 4 is 17.2 Å². The maximum absolute atomic E-state index is 11.4. The third-order valence-corrected chi connectivity index (χ3v) is 2.64. The van der Waals surface area contributed by atoms with Crippen LogP contribution in [0, 0.1) is 0 Å². The Kier molecular flexibility index (Phi) is 4.97. The van der Waals surface area contributed by atoms with Gasteiger partial charge in [-0.3, -0.25) is 4.79 Å². The Bertz CT molecular complexity index is 385. The summed E-state index contributed by atoms with van der Waals surface area (Å²) in [6.07, 6.45) is 0.986. The first-order chi connectivity index (χ1) is 8.10. The molecule has 0 saturated carbocycles. The Labute approximate surface area is 102 Å². The summed E-state index contributed by atoms with van der Waals surface area (Å²) in [6.45, 7) is 5.09. The average molecular weight is 236 g/mol. The van der Waals surface area contributed by atoms with Crippen LogP contribution in [0.15, 0.2) is 18.2 Å². The first-order valence-electron chi connectivity index (χ1n) is 5.86. The van der Waals surface area contributed by atoms with E-state index < -0.39 is 0 Å². The van der Waals surface area contributed by atoms with Crippen LogP contribution in [0.5, 0.6) is 0 Å². The summed E-state index contributed by atoms with van der Waals surface area (Å²) in [7, 11) is 0. The van der Waals surface area contributed by atoms with Gasteiger partial charge >= 0.3 is 0 Å². The SMILES string of the molecule is CCCN(CCO)c1ccc(N)c(C(C)=O)c1. The average Bonchev–Trinajstić information content (AvgIpc) is 2.29. The first-order valence-corrected chi connectivity index (χ1v) is 5.86. The number of aliphatic hydroxyl groups excluding tert-OH is 1. The molecule has 0 aliphatic rings. The molecule has 4 nitrogen and oxygen atoms in total. The number of Topliss-reactive ketones (excluding diaryl/α,β-unsaturated/α-hetero) is 1. The number of nitrogens with two attached hydrogens (primary N) is 1. The molecule has 1 aromatic carbocycles. The van der Waals surface area contributed by atoms with Crippen molar-refractivity contribution in [1.82, 2.24) is 0 Å². The number of carbonyl (C=O) groups excluding carboxylic acids is 1. The lowest BCUT2D eigenvalue weighted by Gasteiger charge is -2.24. The van der Waals surface area contributed by atoms with Gasteiger partial charge in [0.25, 0.3) is 0 Å². The number of nitrogens with zero attached hydrogens (tertiary/aromatic N) is 1. The molecule has 1 aromatic rings. The predicted molar refractivity (Wildman–Crippen MR) is 70.4 cm³/mol. The van der Waals surface area contributed by atoms with Crippen molar-refractivity contribution in [3.8, 4) is 0 Å². The van der Waals surface area contributed by atoms with E-state index in [1.54, 1.807) is 12.1 Å². The second-order valence-electron chi connectivity index (χ2n) is 4.04.